The molecule has 0 spiro atoms. The highest BCUT2D eigenvalue weighted by atomic mass is 35.5. The molecule has 1 amide bonds. The van der Waals surface area contributed by atoms with Crippen molar-refractivity contribution < 1.29 is 14.3 Å². The Bertz CT molecular complexity index is 626. The molecule has 19 heavy (non-hydrogen) atoms. The number of ether oxygens (including phenoxy) is 1. The van der Waals surface area contributed by atoms with E-state index in [4.69, 9.17) is 16.3 Å². The van der Waals surface area contributed by atoms with E-state index in [2.05, 4.69) is 10.3 Å². The number of fused-ring (bicyclic) bond motifs is 1. The first kappa shape index (κ1) is 13.8. The maximum atomic E-state index is 11.8. The van der Waals surface area contributed by atoms with E-state index in [9.17, 15) is 9.59 Å². The normalized spacial score (nSPS) is 10.4. The minimum Gasteiger partial charge on any atom is -0.465 e. The van der Waals surface area contributed by atoms with Gasteiger partial charge in [-0.15, -0.1) is 11.3 Å². The SMILES string of the molecule is CCOC(=O)CNC(=O)c1ccc2nc(Cl)sc2c1. The van der Waals surface area contributed by atoms with Gasteiger partial charge in [0.25, 0.3) is 5.91 Å². The first-order valence-corrected chi connectivity index (χ1v) is 6.79. The van der Waals surface area contributed by atoms with Gasteiger partial charge in [-0.05, 0) is 25.1 Å². The molecule has 7 heteroatoms. The van der Waals surface area contributed by atoms with E-state index in [-0.39, 0.29) is 12.5 Å². The van der Waals surface area contributed by atoms with Gasteiger partial charge in [-0.3, -0.25) is 9.59 Å². The van der Waals surface area contributed by atoms with Crippen molar-refractivity contribution in [1.82, 2.24) is 10.3 Å². The number of thiazole rings is 1. The zero-order valence-corrected chi connectivity index (χ0v) is 11.7. The Balaban J connectivity index is 2.06. The molecule has 5 nitrogen and oxygen atoms in total. The molecule has 100 valence electrons. The predicted octanol–water partition coefficient (Wildman–Crippen LogP) is 2.24. The highest BCUT2D eigenvalue weighted by Crippen LogP contribution is 2.26. The van der Waals surface area contributed by atoms with Gasteiger partial charge in [0.15, 0.2) is 4.47 Å². The molecule has 0 unspecified atom stereocenters. The maximum absolute atomic E-state index is 11.8. The van der Waals surface area contributed by atoms with Crippen molar-refractivity contribution in [3.8, 4) is 0 Å². The minimum absolute atomic E-state index is 0.145. The van der Waals surface area contributed by atoms with E-state index in [1.165, 1.54) is 11.3 Å². The molecule has 1 N–H and O–H groups in total. The Morgan fingerprint density at radius 3 is 3.00 bits per heavy atom. The fourth-order valence-corrected chi connectivity index (χ4v) is 2.57. The molecule has 0 aliphatic carbocycles. The van der Waals surface area contributed by atoms with Crippen LogP contribution in [-0.2, 0) is 9.53 Å². The molecule has 0 fully saturated rings. The predicted molar refractivity (Wildman–Crippen MR) is 73.6 cm³/mol. The van der Waals surface area contributed by atoms with Crippen molar-refractivity contribution in [2.75, 3.05) is 13.2 Å². The summed E-state index contributed by atoms with van der Waals surface area (Å²) in [5.41, 5.74) is 1.20. The van der Waals surface area contributed by atoms with Crippen LogP contribution in [0.2, 0.25) is 4.47 Å². The largest absolute Gasteiger partial charge is 0.465 e. The van der Waals surface area contributed by atoms with Crippen LogP contribution in [-0.4, -0.2) is 30.0 Å². The van der Waals surface area contributed by atoms with Gasteiger partial charge in [0.2, 0.25) is 0 Å². The number of benzene rings is 1. The maximum Gasteiger partial charge on any atom is 0.325 e. The van der Waals surface area contributed by atoms with Crippen molar-refractivity contribution in [2.24, 2.45) is 0 Å². The van der Waals surface area contributed by atoms with Crippen LogP contribution in [0.4, 0.5) is 0 Å². The van der Waals surface area contributed by atoms with Gasteiger partial charge in [0.1, 0.15) is 6.54 Å². The zero-order valence-electron chi connectivity index (χ0n) is 10.1. The lowest BCUT2D eigenvalue weighted by molar-refractivity contribution is -0.141. The quantitative estimate of drug-likeness (QED) is 0.879. The number of hydrogen-bond acceptors (Lipinski definition) is 5. The first-order valence-electron chi connectivity index (χ1n) is 5.60. The summed E-state index contributed by atoms with van der Waals surface area (Å²) in [6, 6.07) is 5.05. The molecule has 0 aliphatic rings. The van der Waals surface area contributed by atoms with Crippen molar-refractivity contribution in [3.05, 3.63) is 28.2 Å². The summed E-state index contributed by atoms with van der Waals surface area (Å²) in [5, 5.41) is 2.49. The van der Waals surface area contributed by atoms with Crippen LogP contribution in [0.5, 0.6) is 0 Å². The fraction of sp³-hybridized carbons (Fsp3) is 0.250. The molecule has 0 radical (unpaired) electrons. The van der Waals surface area contributed by atoms with Crippen LogP contribution in [0.3, 0.4) is 0 Å². The molecule has 0 bridgehead atoms. The summed E-state index contributed by atoms with van der Waals surface area (Å²) in [5.74, 6) is -0.794. The van der Waals surface area contributed by atoms with Crippen LogP contribution in [0.15, 0.2) is 18.2 Å². The molecule has 1 aromatic heterocycles. The Hall–Kier alpha value is -1.66. The summed E-state index contributed by atoms with van der Waals surface area (Å²) in [6.07, 6.45) is 0. The summed E-state index contributed by atoms with van der Waals surface area (Å²) >= 11 is 7.10. The minimum atomic E-state index is -0.460. The van der Waals surface area contributed by atoms with Gasteiger partial charge < -0.3 is 10.1 Å². The zero-order chi connectivity index (χ0) is 13.8. The van der Waals surface area contributed by atoms with Gasteiger partial charge in [0.05, 0.1) is 16.8 Å². The Morgan fingerprint density at radius 2 is 2.26 bits per heavy atom. The van der Waals surface area contributed by atoms with Crippen molar-refractivity contribution in [1.29, 1.82) is 0 Å². The average molecular weight is 299 g/mol. The topological polar surface area (TPSA) is 68.3 Å². The number of carbonyl (C=O) groups is 2. The molecule has 0 saturated carbocycles. The number of aromatic nitrogens is 1. The van der Waals surface area contributed by atoms with E-state index in [1.54, 1.807) is 25.1 Å². The van der Waals surface area contributed by atoms with E-state index in [1.807, 2.05) is 0 Å². The second-order valence-electron chi connectivity index (χ2n) is 3.64. The number of amides is 1. The lowest BCUT2D eigenvalue weighted by Crippen LogP contribution is -2.30. The van der Waals surface area contributed by atoms with Crippen molar-refractivity contribution in [3.63, 3.8) is 0 Å². The summed E-state index contributed by atoms with van der Waals surface area (Å²) in [4.78, 5) is 27.1. The molecule has 2 rings (SSSR count). The van der Waals surface area contributed by atoms with Gasteiger partial charge in [-0.25, -0.2) is 4.98 Å². The van der Waals surface area contributed by atoms with Gasteiger partial charge in [-0.1, -0.05) is 11.6 Å². The Morgan fingerprint density at radius 1 is 1.47 bits per heavy atom. The molecule has 0 aliphatic heterocycles. The number of halogens is 1. The second-order valence-corrected chi connectivity index (χ2v) is 5.25. The standard InChI is InChI=1S/C12H11ClN2O3S/c1-2-18-10(16)6-14-11(17)7-3-4-8-9(5-7)19-12(13)15-8/h3-5H,2,6H2,1H3,(H,14,17). The van der Waals surface area contributed by atoms with Crippen LogP contribution in [0.25, 0.3) is 10.2 Å². The number of rotatable bonds is 4. The molecule has 0 atom stereocenters. The smallest absolute Gasteiger partial charge is 0.325 e. The molecule has 1 aromatic carbocycles. The third-order valence-corrected chi connectivity index (χ3v) is 3.45. The number of nitrogens with one attached hydrogen (secondary N) is 1. The Labute approximate surface area is 118 Å². The van der Waals surface area contributed by atoms with E-state index < -0.39 is 5.97 Å². The van der Waals surface area contributed by atoms with Crippen molar-refractivity contribution >= 4 is 45.0 Å². The third kappa shape index (κ3) is 3.42. The Kier molecular flexibility index (Phi) is 4.34. The number of hydrogen-bond donors (Lipinski definition) is 1. The number of nitrogens with zero attached hydrogens (tertiary/aromatic N) is 1. The van der Waals surface area contributed by atoms with Gasteiger partial charge in [0, 0.05) is 5.56 Å². The van der Waals surface area contributed by atoms with Crippen LogP contribution in [0.1, 0.15) is 17.3 Å². The number of carbonyl (C=O) groups excluding carboxylic acids is 2. The highest BCUT2D eigenvalue weighted by Gasteiger charge is 2.10. The molecular formula is C12H11ClN2O3S. The fourth-order valence-electron chi connectivity index (χ4n) is 1.50. The van der Waals surface area contributed by atoms with Crippen LogP contribution in [0, 0.1) is 0 Å². The molecule has 2 aromatic rings. The number of esters is 1. The summed E-state index contributed by atoms with van der Waals surface area (Å²) < 4.78 is 5.98. The molecule has 1 heterocycles. The van der Waals surface area contributed by atoms with Crippen LogP contribution < -0.4 is 5.32 Å². The lowest BCUT2D eigenvalue weighted by atomic mass is 10.2. The second kappa shape index (κ2) is 5.99. The lowest BCUT2D eigenvalue weighted by Gasteiger charge is -2.04. The molecular weight excluding hydrogens is 288 g/mol. The van der Waals surface area contributed by atoms with Crippen LogP contribution >= 0.6 is 22.9 Å². The van der Waals surface area contributed by atoms with Gasteiger partial charge in [-0.2, -0.15) is 0 Å². The monoisotopic (exact) mass is 298 g/mol. The van der Waals surface area contributed by atoms with E-state index in [0.717, 1.165) is 10.2 Å². The van der Waals surface area contributed by atoms with Gasteiger partial charge >= 0.3 is 5.97 Å². The van der Waals surface area contributed by atoms with E-state index >= 15 is 0 Å². The summed E-state index contributed by atoms with van der Waals surface area (Å²) in [7, 11) is 0. The van der Waals surface area contributed by atoms with E-state index in [0.29, 0.717) is 16.6 Å². The van der Waals surface area contributed by atoms with Crippen molar-refractivity contribution in [2.45, 2.75) is 6.92 Å². The average Bonchev–Trinajstić information content (AvgIpc) is 2.75. The molecule has 0 saturated heterocycles. The summed E-state index contributed by atoms with van der Waals surface area (Å²) in [6.45, 7) is 1.86. The first-order chi connectivity index (χ1) is 9.10. The highest BCUT2D eigenvalue weighted by molar-refractivity contribution is 7.22. The third-order valence-electron chi connectivity index (χ3n) is 2.32.